The summed E-state index contributed by atoms with van der Waals surface area (Å²) in [7, 11) is 0. The molecular formula is C35H33N3O2. The van der Waals surface area contributed by atoms with Crippen LogP contribution in [0.25, 0.3) is 11.3 Å². The number of para-hydroxylation sites is 2. The van der Waals surface area contributed by atoms with E-state index >= 15 is 0 Å². The van der Waals surface area contributed by atoms with Gasteiger partial charge in [0.1, 0.15) is 6.04 Å². The number of benzene rings is 4. The number of nitrogens with zero attached hydrogens (tertiary/aromatic N) is 1. The summed E-state index contributed by atoms with van der Waals surface area (Å²) >= 11 is 0. The molecule has 1 fully saturated rings. The largest absolute Gasteiger partial charge is 0.354 e. The Balaban J connectivity index is 1.49. The van der Waals surface area contributed by atoms with Gasteiger partial charge in [-0.3, -0.25) is 14.5 Å². The lowest BCUT2D eigenvalue weighted by atomic mass is 9.94. The molecule has 1 saturated carbocycles. The highest BCUT2D eigenvalue weighted by molar-refractivity contribution is 6.39. The van der Waals surface area contributed by atoms with Gasteiger partial charge in [0.15, 0.2) is 0 Å². The van der Waals surface area contributed by atoms with Crippen molar-refractivity contribution in [2.75, 3.05) is 10.2 Å². The third kappa shape index (κ3) is 5.15. The normalized spacial score (nSPS) is 17.2. The predicted molar refractivity (Wildman–Crippen MR) is 161 cm³/mol. The van der Waals surface area contributed by atoms with E-state index in [1.54, 1.807) is 4.90 Å². The fourth-order valence-corrected chi connectivity index (χ4v) is 5.87. The average Bonchev–Trinajstić information content (AvgIpc) is 3.29. The quantitative estimate of drug-likeness (QED) is 0.250. The van der Waals surface area contributed by atoms with E-state index in [4.69, 9.17) is 0 Å². The van der Waals surface area contributed by atoms with Gasteiger partial charge >= 0.3 is 0 Å². The summed E-state index contributed by atoms with van der Waals surface area (Å²) in [6, 6.07) is 36.5. The van der Waals surface area contributed by atoms with Crippen LogP contribution in [-0.4, -0.2) is 17.9 Å². The molecule has 2 amide bonds. The van der Waals surface area contributed by atoms with E-state index in [1.807, 2.05) is 115 Å². The number of rotatable bonds is 7. The average molecular weight is 528 g/mol. The third-order valence-electron chi connectivity index (χ3n) is 7.79. The lowest BCUT2D eigenvalue weighted by Gasteiger charge is -2.31. The zero-order valence-corrected chi connectivity index (χ0v) is 22.4. The van der Waals surface area contributed by atoms with Crippen molar-refractivity contribution in [3.8, 4) is 0 Å². The number of hydrogen-bond acceptors (Lipinski definition) is 3. The second kappa shape index (κ2) is 11.6. The Hall–Kier alpha value is -4.64. The molecule has 0 bridgehead atoms. The molecule has 0 radical (unpaired) electrons. The maximum atomic E-state index is 14.6. The monoisotopic (exact) mass is 527 g/mol. The molecule has 6 rings (SSSR count). The molecule has 2 N–H and O–H groups in total. The summed E-state index contributed by atoms with van der Waals surface area (Å²) in [4.78, 5) is 30.4. The minimum absolute atomic E-state index is 0.134. The van der Waals surface area contributed by atoms with Crippen molar-refractivity contribution in [3.63, 3.8) is 0 Å². The summed E-state index contributed by atoms with van der Waals surface area (Å²) in [5, 5.41) is 6.83. The van der Waals surface area contributed by atoms with Gasteiger partial charge in [0.05, 0.1) is 17.0 Å². The van der Waals surface area contributed by atoms with E-state index in [-0.39, 0.29) is 17.9 Å². The lowest BCUT2D eigenvalue weighted by molar-refractivity contribution is -0.125. The number of anilines is 2. The van der Waals surface area contributed by atoms with Crippen molar-refractivity contribution in [2.45, 2.75) is 44.2 Å². The van der Waals surface area contributed by atoms with Gasteiger partial charge in [0.25, 0.3) is 5.91 Å². The van der Waals surface area contributed by atoms with Gasteiger partial charge in [-0.1, -0.05) is 116 Å². The van der Waals surface area contributed by atoms with Gasteiger partial charge in [0, 0.05) is 17.3 Å². The zero-order valence-electron chi connectivity index (χ0n) is 22.4. The van der Waals surface area contributed by atoms with E-state index in [9.17, 15) is 9.59 Å². The van der Waals surface area contributed by atoms with Crippen molar-refractivity contribution >= 4 is 34.5 Å². The van der Waals surface area contributed by atoms with Crippen LogP contribution in [0.2, 0.25) is 0 Å². The Labute approximate surface area is 235 Å². The SMILES string of the molecule is O=C(NC1CCCCC1)C(c1ccccc1)N1C(=O)C(=C(Nc2ccccc2)c2ccccc2)c2ccccc21. The highest BCUT2D eigenvalue weighted by Gasteiger charge is 2.42. The molecule has 2 aliphatic rings. The lowest BCUT2D eigenvalue weighted by Crippen LogP contribution is -2.46. The summed E-state index contributed by atoms with van der Waals surface area (Å²) in [6.45, 7) is 0. The number of fused-ring (bicyclic) bond motifs is 1. The van der Waals surface area contributed by atoms with Crippen LogP contribution in [-0.2, 0) is 9.59 Å². The molecule has 40 heavy (non-hydrogen) atoms. The molecule has 1 atom stereocenters. The highest BCUT2D eigenvalue weighted by Crippen LogP contribution is 2.45. The van der Waals surface area contributed by atoms with Crippen LogP contribution in [0.4, 0.5) is 11.4 Å². The van der Waals surface area contributed by atoms with Crippen LogP contribution in [0.1, 0.15) is 54.8 Å². The smallest absolute Gasteiger partial charge is 0.262 e. The molecule has 1 unspecified atom stereocenters. The van der Waals surface area contributed by atoms with E-state index in [1.165, 1.54) is 6.42 Å². The standard InChI is InChI=1S/C35H33N3O2/c39-34(37-28-21-11-4-12-22-28)33(26-17-7-2-8-18-26)38-30-24-14-13-23-29(30)31(35(38)40)32(25-15-5-1-6-16-25)36-27-19-9-3-10-20-27/h1-3,5-10,13-20,23-24,28,33,36H,4,11-12,21-22H2,(H,37,39). The second-order valence-electron chi connectivity index (χ2n) is 10.5. The first-order valence-electron chi connectivity index (χ1n) is 14.1. The highest BCUT2D eigenvalue weighted by atomic mass is 16.2. The van der Waals surface area contributed by atoms with Gasteiger partial charge in [-0.05, 0) is 42.2 Å². The minimum Gasteiger partial charge on any atom is -0.354 e. The third-order valence-corrected chi connectivity index (χ3v) is 7.79. The van der Waals surface area contributed by atoms with Crippen LogP contribution in [0, 0.1) is 0 Å². The van der Waals surface area contributed by atoms with Crippen LogP contribution < -0.4 is 15.5 Å². The van der Waals surface area contributed by atoms with Gasteiger partial charge < -0.3 is 10.6 Å². The Morgan fingerprint density at radius 3 is 2.02 bits per heavy atom. The molecule has 1 aliphatic carbocycles. The van der Waals surface area contributed by atoms with Crippen molar-refractivity contribution in [2.24, 2.45) is 0 Å². The van der Waals surface area contributed by atoms with E-state index in [2.05, 4.69) is 10.6 Å². The van der Waals surface area contributed by atoms with Gasteiger partial charge in [-0.2, -0.15) is 0 Å². The number of hydrogen-bond donors (Lipinski definition) is 2. The van der Waals surface area contributed by atoms with E-state index in [0.29, 0.717) is 11.3 Å². The molecule has 0 saturated heterocycles. The first-order chi connectivity index (χ1) is 19.7. The fourth-order valence-electron chi connectivity index (χ4n) is 5.87. The molecule has 0 aromatic heterocycles. The molecular weight excluding hydrogens is 494 g/mol. The summed E-state index contributed by atoms with van der Waals surface area (Å²) in [5.41, 5.74) is 5.38. The number of nitrogens with one attached hydrogen (secondary N) is 2. The predicted octanol–water partition coefficient (Wildman–Crippen LogP) is 7.20. The van der Waals surface area contributed by atoms with Crippen molar-refractivity contribution in [1.82, 2.24) is 5.32 Å². The van der Waals surface area contributed by atoms with Crippen molar-refractivity contribution in [3.05, 3.63) is 132 Å². The van der Waals surface area contributed by atoms with Crippen LogP contribution in [0.15, 0.2) is 115 Å². The number of carbonyl (C=O) groups is 2. The van der Waals surface area contributed by atoms with Gasteiger partial charge in [-0.25, -0.2) is 0 Å². The first-order valence-corrected chi connectivity index (χ1v) is 14.1. The molecule has 5 nitrogen and oxygen atoms in total. The van der Waals surface area contributed by atoms with Crippen molar-refractivity contribution < 1.29 is 9.59 Å². The molecule has 1 aliphatic heterocycles. The number of carbonyl (C=O) groups excluding carboxylic acids is 2. The Morgan fingerprint density at radius 2 is 1.32 bits per heavy atom. The molecule has 1 heterocycles. The first kappa shape index (κ1) is 25.6. The molecule has 5 heteroatoms. The topological polar surface area (TPSA) is 61.4 Å². The molecule has 4 aromatic carbocycles. The Bertz CT molecular complexity index is 1510. The van der Waals surface area contributed by atoms with Crippen LogP contribution in [0.3, 0.4) is 0 Å². The zero-order chi connectivity index (χ0) is 27.3. The van der Waals surface area contributed by atoms with E-state index < -0.39 is 6.04 Å². The number of amides is 2. The van der Waals surface area contributed by atoms with Gasteiger partial charge in [0.2, 0.25) is 5.91 Å². The van der Waals surface area contributed by atoms with Crippen LogP contribution >= 0.6 is 0 Å². The Kier molecular flexibility index (Phi) is 7.45. The molecule has 0 spiro atoms. The summed E-state index contributed by atoms with van der Waals surface area (Å²) < 4.78 is 0. The molecule has 200 valence electrons. The van der Waals surface area contributed by atoms with Crippen LogP contribution in [0.5, 0.6) is 0 Å². The maximum absolute atomic E-state index is 14.6. The fraction of sp³-hybridized carbons (Fsp3) is 0.200. The summed E-state index contributed by atoms with van der Waals surface area (Å²) in [6.07, 6.45) is 5.39. The Morgan fingerprint density at radius 1 is 0.725 bits per heavy atom. The van der Waals surface area contributed by atoms with E-state index in [0.717, 1.165) is 53.7 Å². The van der Waals surface area contributed by atoms with Crippen molar-refractivity contribution in [1.29, 1.82) is 0 Å². The molecule has 4 aromatic rings. The van der Waals surface area contributed by atoms with Gasteiger partial charge in [-0.15, -0.1) is 0 Å². The second-order valence-corrected chi connectivity index (χ2v) is 10.5. The minimum atomic E-state index is -0.789. The maximum Gasteiger partial charge on any atom is 0.262 e. The summed E-state index contributed by atoms with van der Waals surface area (Å²) in [5.74, 6) is -0.337.